The van der Waals surface area contributed by atoms with E-state index in [1.165, 1.54) is 0 Å². The van der Waals surface area contributed by atoms with Gasteiger partial charge in [-0.15, -0.1) is 0 Å². The van der Waals surface area contributed by atoms with Gasteiger partial charge in [0.15, 0.2) is 0 Å². The molecule has 0 aromatic carbocycles. The van der Waals surface area contributed by atoms with E-state index >= 15 is 0 Å². The summed E-state index contributed by atoms with van der Waals surface area (Å²) in [6.45, 7) is 5.07. The molecular weight excluding hydrogens is 176 g/mol. The molecule has 0 saturated carbocycles. The zero-order valence-corrected chi connectivity index (χ0v) is 9.38. The Labute approximate surface area is 86.9 Å². The molecule has 3 nitrogen and oxygen atoms in total. The van der Waals surface area contributed by atoms with Crippen molar-refractivity contribution < 1.29 is 4.79 Å². The van der Waals surface area contributed by atoms with Crippen LogP contribution in [0.3, 0.4) is 0 Å². The summed E-state index contributed by atoms with van der Waals surface area (Å²) in [5.41, 5.74) is 0. The normalized spacial score (nSPS) is 18.1. The number of nitrogens with one attached hydrogen (secondary N) is 1. The van der Waals surface area contributed by atoms with Crippen molar-refractivity contribution in [2.75, 3.05) is 26.7 Å². The largest absolute Gasteiger partial charge is 0.346 e. The summed E-state index contributed by atoms with van der Waals surface area (Å²) < 4.78 is 0. The summed E-state index contributed by atoms with van der Waals surface area (Å²) in [5.74, 6) is 0.623. The van der Waals surface area contributed by atoms with Crippen molar-refractivity contribution in [3.63, 3.8) is 0 Å². The summed E-state index contributed by atoms with van der Waals surface area (Å²) in [6, 6.07) is 0. The molecule has 14 heavy (non-hydrogen) atoms. The minimum absolute atomic E-state index is 0.276. The lowest BCUT2D eigenvalue weighted by Gasteiger charge is -2.26. The first kappa shape index (κ1) is 11.5. The predicted octanol–water partition coefficient (Wildman–Crippen LogP) is 1.24. The Morgan fingerprint density at radius 3 is 2.64 bits per heavy atom. The third-order valence-electron chi connectivity index (χ3n) is 2.91. The summed E-state index contributed by atoms with van der Waals surface area (Å²) in [7, 11) is 1.93. The molecule has 1 amide bonds. The van der Waals surface area contributed by atoms with Crippen LogP contribution in [-0.2, 0) is 4.79 Å². The molecule has 0 bridgehead atoms. The molecule has 0 spiro atoms. The summed E-state index contributed by atoms with van der Waals surface area (Å²) in [5, 5.41) is 3.28. The lowest BCUT2D eigenvalue weighted by atomic mass is 9.96. The molecule has 0 aliphatic carbocycles. The maximum absolute atomic E-state index is 11.9. The van der Waals surface area contributed by atoms with Gasteiger partial charge in [0.2, 0.25) is 5.91 Å². The zero-order chi connectivity index (χ0) is 10.4. The number of piperidine rings is 1. The van der Waals surface area contributed by atoms with Gasteiger partial charge in [0.25, 0.3) is 0 Å². The first-order valence-electron chi connectivity index (χ1n) is 5.71. The van der Waals surface area contributed by atoms with Crippen LogP contribution in [0.15, 0.2) is 0 Å². The zero-order valence-electron chi connectivity index (χ0n) is 9.38. The molecule has 0 unspecified atom stereocenters. The van der Waals surface area contributed by atoms with E-state index in [9.17, 15) is 4.79 Å². The number of unbranched alkanes of at least 4 members (excludes halogenated alkanes) is 1. The fourth-order valence-electron chi connectivity index (χ4n) is 1.89. The van der Waals surface area contributed by atoms with E-state index in [1.807, 2.05) is 11.9 Å². The first-order chi connectivity index (χ1) is 6.75. The fraction of sp³-hybridized carbons (Fsp3) is 0.909. The molecule has 82 valence electrons. The second-order valence-corrected chi connectivity index (χ2v) is 4.14. The lowest BCUT2D eigenvalue weighted by molar-refractivity contribution is -0.135. The second kappa shape index (κ2) is 6.02. The standard InChI is InChI=1S/C11H22N2O/c1-3-4-9-13(2)11(14)10-5-7-12-8-6-10/h10,12H,3-9H2,1-2H3. The number of hydrogen-bond donors (Lipinski definition) is 1. The van der Waals surface area contributed by atoms with Crippen LogP contribution < -0.4 is 5.32 Å². The molecule has 0 atom stereocenters. The van der Waals surface area contributed by atoms with Gasteiger partial charge in [-0.2, -0.15) is 0 Å². The fourth-order valence-corrected chi connectivity index (χ4v) is 1.89. The Morgan fingerprint density at radius 1 is 1.43 bits per heavy atom. The van der Waals surface area contributed by atoms with E-state index < -0.39 is 0 Å². The van der Waals surface area contributed by atoms with Gasteiger partial charge in [-0.05, 0) is 32.4 Å². The molecule has 0 radical (unpaired) electrons. The maximum atomic E-state index is 11.9. The average Bonchev–Trinajstić information content (AvgIpc) is 2.26. The van der Waals surface area contributed by atoms with Gasteiger partial charge in [-0.1, -0.05) is 13.3 Å². The summed E-state index contributed by atoms with van der Waals surface area (Å²) in [6.07, 6.45) is 4.29. The maximum Gasteiger partial charge on any atom is 0.225 e. The number of carbonyl (C=O) groups excluding carboxylic acids is 1. The van der Waals surface area contributed by atoms with Gasteiger partial charge in [-0.25, -0.2) is 0 Å². The SMILES string of the molecule is CCCCN(C)C(=O)C1CCNCC1. The third-order valence-corrected chi connectivity index (χ3v) is 2.91. The van der Waals surface area contributed by atoms with Crippen LogP contribution in [0.4, 0.5) is 0 Å². The van der Waals surface area contributed by atoms with E-state index in [2.05, 4.69) is 12.2 Å². The predicted molar refractivity (Wildman–Crippen MR) is 58.1 cm³/mol. The first-order valence-corrected chi connectivity index (χ1v) is 5.71. The van der Waals surface area contributed by atoms with Crippen LogP contribution in [-0.4, -0.2) is 37.5 Å². The smallest absolute Gasteiger partial charge is 0.225 e. The Balaban J connectivity index is 2.30. The Kier molecular flexibility index (Phi) is 4.94. The number of hydrogen-bond acceptors (Lipinski definition) is 2. The van der Waals surface area contributed by atoms with Crippen molar-refractivity contribution in [1.29, 1.82) is 0 Å². The summed E-state index contributed by atoms with van der Waals surface area (Å²) >= 11 is 0. The highest BCUT2D eigenvalue weighted by Gasteiger charge is 2.23. The highest BCUT2D eigenvalue weighted by atomic mass is 16.2. The summed E-state index contributed by atoms with van der Waals surface area (Å²) in [4.78, 5) is 13.8. The van der Waals surface area contributed by atoms with Crippen molar-refractivity contribution in [2.24, 2.45) is 5.92 Å². The lowest BCUT2D eigenvalue weighted by Crippen LogP contribution is -2.39. The van der Waals surface area contributed by atoms with Gasteiger partial charge >= 0.3 is 0 Å². The molecule has 3 heteroatoms. The second-order valence-electron chi connectivity index (χ2n) is 4.14. The molecule has 1 saturated heterocycles. The number of amides is 1. The number of carbonyl (C=O) groups is 1. The van der Waals surface area contributed by atoms with Crippen molar-refractivity contribution in [1.82, 2.24) is 10.2 Å². The molecule has 1 rings (SSSR count). The van der Waals surface area contributed by atoms with Crippen molar-refractivity contribution in [3.8, 4) is 0 Å². The average molecular weight is 198 g/mol. The van der Waals surface area contributed by atoms with Gasteiger partial charge < -0.3 is 10.2 Å². The molecule has 0 aromatic heterocycles. The van der Waals surface area contributed by atoms with E-state index in [1.54, 1.807) is 0 Å². The molecule has 1 aliphatic rings. The molecule has 1 heterocycles. The number of nitrogens with zero attached hydrogens (tertiary/aromatic N) is 1. The molecular formula is C11H22N2O. The van der Waals surface area contributed by atoms with Crippen molar-refractivity contribution >= 4 is 5.91 Å². The van der Waals surface area contributed by atoms with E-state index in [-0.39, 0.29) is 5.92 Å². The topological polar surface area (TPSA) is 32.3 Å². The van der Waals surface area contributed by atoms with Crippen LogP contribution in [0.5, 0.6) is 0 Å². The molecule has 0 aromatic rings. The monoisotopic (exact) mass is 198 g/mol. The Hall–Kier alpha value is -0.570. The van der Waals surface area contributed by atoms with Gasteiger partial charge in [-0.3, -0.25) is 4.79 Å². The van der Waals surface area contributed by atoms with Crippen LogP contribution in [0.2, 0.25) is 0 Å². The Bertz CT molecular complexity index is 176. The number of rotatable bonds is 4. The van der Waals surface area contributed by atoms with Crippen molar-refractivity contribution in [2.45, 2.75) is 32.6 Å². The quantitative estimate of drug-likeness (QED) is 0.737. The third kappa shape index (κ3) is 3.29. The van der Waals surface area contributed by atoms with Crippen LogP contribution in [0, 0.1) is 5.92 Å². The van der Waals surface area contributed by atoms with Crippen LogP contribution >= 0.6 is 0 Å². The van der Waals surface area contributed by atoms with E-state index in [4.69, 9.17) is 0 Å². The molecule has 1 fully saturated rings. The Morgan fingerprint density at radius 2 is 2.07 bits per heavy atom. The van der Waals surface area contributed by atoms with Gasteiger partial charge in [0.05, 0.1) is 0 Å². The minimum Gasteiger partial charge on any atom is -0.346 e. The van der Waals surface area contributed by atoms with Crippen LogP contribution in [0.25, 0.3) is 0 Å². The highest BCUT2D eigenvalue weighted by molar-refractivity contribution is 5.78. The minimum atomic E-state index is 0.276. The van der Waals surface area contributed by atoms with E-state index in [0.29, 0.717) is 5.91 Å². The molecule has 1 aliphatic heterocycles. The molecule has 1 N–H and O–H groups in total. The van der Waals surface area contributed by atoms with Crippen molar-refractivity contribution in [3.05, 3.63) is 0 Å². The highest BCUT2D eigenvalue weighted by Crippen LogP contribution is 2.14. The van der Waals surface area contributed by atoms with Gasteiger partial charge in [0, 0.05) is 19.5 Å². The van der Waals surface area contributed by atoms with Crippen LogP contribution in [0.1, 0.15) is 32.6 Å². The van der Waals surface area contributed by atoms with Gasteiger partial charge in [0.1, 0.15) is 0 Å². The van der Waals surface area contributed by atoms with E-state index in [0.717, 1.165) is 45.3 Å².